The van der Waals surface area contributed by atoms with Gasteiger partial charge in [-0.3, -0.25) is 0 Å². The number of hydrogen-bond donors (Lipinski definition) is 2. The van der Waals surface area contributed by atoms with Crippen LogP contribution in [0.2, 0.25) is 0 Å². The van der Waals surface area contributed by atoms with Crippen molar-refractivity contribution in [3.05, 3.63) is 29.3 Å². The quantitative estimate of drug-likeness (QED) is 0.799. The van der Waals surface area contributed by atoms with E-state index in [0.29, 0.717) is 11.8 Å². The van der Waals surface area contributed by atoms with Crippen molar-refractivity contribution >= 4 is 5.69 Å². The van der Waals surface area contributed by atoms with Gasteiger partial charge in [-0.25, -0.2) is 0 Å². The van der Waals surface area contributed by atoms with Crippen molar-refractivity contribution in [2.75, 3.05) is 18.5 Å². The Morgan fingerprint density at radius 1 is 1.11 bits per heavy atom. The number of aliphatic hydroxyl groups excluding tert-OH is 1. The van der Waals surface area contributed by atoms with Crippen LogP contribution in [0, 0.1) is 5.41 Å². The Hall–Kier alpha value is -1.02. The molecule has 0 aromatic heterocycles. The van der Waals surface area contributed by atoms with Crippen LogP contribution in [0.25, 0.3) is 0 Å². The molecule has 0 saturated carbocycles. The molecule has 1 rings (SSSR count). The van der Waals surface area contributed by atoms with E-state index in [4.69, 9.17) is 0 Å². The molecule has 0 unspecified atom stereocenters. The summed E-state index contributed by atoms with van der Waals surface area (Å²) < 4.78 is 0. The summed E-state index contributed by atoms with van der Waals surface area (Å²) in [6.07, 6.45) is 0. The van der Waals surface area contributed by atoms with Crippen molar-refractivity contribution in [3.8, 4) is 0 Å². The van der Waals surface area contributed by atoms with Crippen molar-refractivity contribution in [3.63, 3.8) is 0 Å². The van der Waals surface area contributed by atoms with Crippen molar-refractivity contribution in [1.29, 1.82) is 0 Å². The summed E-state index contributed by atoms with van der Waals surface area (Å²) in [5, 5.41) is 12.8. The first-order valence-corrected chi connectivity index (χ1v) is 7.25. The molecule has 1 aromatic rings. The summed E-state index contributed by atoms with van der Waals surface area (Å²) >= 11 is 0. The van der Waals surface area contributed by atoms with Gasteiger partial charge < -0.3 is 10.4 Å². The summed E-state index contributed by atoms with van der Waals surface area (Å²) in [6.45, 7) is 14.0. The fraction of sp³-hybridized carbons (Fsp3) is 0.647. The highest BCUT2D eigenvalue weighted by Gasteiger charge is 2.17. The third kappa shape index (κ3) is 4.54. The van der Waals surface area contributed by atoms with Gasteiger partial charge in [-0.15, -0.1) is 0 Å². The molecule has 0 heterocycles. The molecule has 0 aliphatic carbocycles. The minimum atomic E-state index is -0.0923. The van der Waals surface area contributed by atoms with Crippen LogP contribution in [0.3, 0.4) is 0 Å². The van der Waals surface area contributed by atoms with Gasteiger partial charge in [0.05, 0.1) is 0 Å². The maximum Gasteiger partial charge on any atom is 0.0498 e. The largest absolute Gasteiger partial charge is 0.396 e. The lowest BCUT2D eigenvalue weighted by Crippen LogP contribution is -2.27. The summed E-state index contributed by atoms with van der Waals surface area (Å²) in [4.78, 5) is 0. The standard InChI is InChI=1S/C17H29NO/c1-12(2)14-7-8-16(15(9-14)13(3)4)18-10-17(5,6)11-19/h7-9,12-13,18-19H,10-11H2,1-6H3. The third-order valence-electron chi connectivity index (χ3n) is 3.55. The molecule has 0 amide bonds. The van der Waals surface area contributed by atoms with E-state index in [-0.39, 0.29) is 12.0 Å². The Morgan fingerprint density at radius 2 is 1.74 bits per heavy atom. The number of aliphatic hydroxyl groups is 1. The minimum absolute atomic E-state index is 0.0923. The zero-order valence-corrected chi connectivity index (χ0v) is 13.2. The Morgan fingerprint density at radius 3 is 2.21 bits per heavy atom. The van der Waals surface area contributed by atoms with Crippen LogP contribution in [0.4, 0.5) is 5.69 Å². The third-order valence-corrected chi connectivity index (χ3v) is 3.55. The molecule has 0 radical (unpaired) electrons. The topological polar surface area (TPSA) is 32.3 Å². The molecule has 2 N–H and O–H groups in total. The van der Waals surface area contributed by atoms with Gasteiger partial charge in [0.25, 0.3) is 0 Å². The lowest BCUT2D eigenvalue weighted by Gasteiger charge is -2.25. The molecule has 0 spiro atoms. The average Bonchev–Trinajstić information content (AvgIpc) is 2.36. The number of anilines is 1. The molecule has 0 atom stereocenters. The van der Waals surface area contributed by atoms with E-state index < -0.39 is 0 Å². The SMILES string of the molecule is CC(C)c1ccc(NCC(C)(C)CO)c(C(C)C)c1. The van der Waals surface area contributed by atoms with Crippen LogP contribution < -0.4 is 5.32 Å². The first kappa shape index (κ1) is 16.0. The summed E-state index contributed by atoms with van der Waals surface area (Å²) in [5.41, 5.74) is 3.85. The molecule has 1 aromatic carbocycles. The van der Waals surface area contributed by atoms with Crippen molar-refractivity contribution in [2.24, 2.45) is 5.41 Å². The second-order valence-electron chi connectivity index (χ2n) is 6.83. The molecule has 0 aliphatic heterocycles. The van der Waals surface area contributed by atoms with E-state index in [1.54, 1.807) is 0 Å². The van der Waals surface area contributed by atoms with Gasteiger partial charge >= 0.3 is 0 Å². The van der Waals surface area contributed by atoms with E-state index in [9.17, 15) is 5.11 Å². The van der Waals surface area contributed by atoms with Gasteiger partial charge in [0.15, 0.2) is 0 Å². The summed E-state index contributed by atoms with van der Waals surface area (Å²) in [7, 11) is 0. The van der Waals surface area contributed by atoms with E-state index >= 15 is 0 Å². The van der Waals surface area contributed by atoms with E-state index in [1.165, 1.54) is 16.8 Å². The molecule has 2 nitrogen and oxygen atoms in total. The van der Waals surface area contributed by atoms with Crippen molar-refractivity contribution in [1.82, 2.24) is 0 Å². The summed E-state index contributed by atoms with van der Waals surface area (Å²) in [6, 6.07) is 6.69. The van der Waals surface area contributed by atoms with E-state index in [2.05, 4.69) is 65.1 Å². The highest BCUT2D eigenvalue weighted by molar-refractivity contribution is 5.54. The van der Waals surface area contributed by atoms with Crippen LogP contribution in [-0.4, -0.2) is 18.3 Å². The minimum Gasteiger partial charge on any atom is -0.396 e. The second kappa shape index (κ2) is 6.42. The molecule has 0 fully saturated rings. The van der Waals surface area contributed by atoms with Gasteiger partial charge in [0.1, 0.15) is 0 Å². The Bertz CT molecular complexity index is 408. The highest BCUT2D eigenvalue weighted by Crippen LogP contribution is 2.29. The molecule has 2 heteroatoms. The van der Waals surface area contributed by atoms with Gasteiger partial charge in [-0.05, 0) is 29.0 Å². The first-order chi connectivity index (χ1) is 8.76. The fourth-order valence-electron chi connectivity index (χ4n) is 1.97. The van der Waals surface area contributed by atoms with Gasteiger partial charge in [0.2, 0.25) is 0 Å². The maximum atomic E-state index is 9.33. The van der Waals surface area contributed by atoms with Crippen LogP contribution in [0.15, 0.2) is 18.2 Å². The lowest BCUT2D eigenvalue weighted by molar-refractivity contribution is 0.171. The number of benzene rings is 1. The Kier molecular flexibility index (Phi) is 5.42. The average molecular weight is 263 g/mol. The van der Waals surface area contributed by atoms with Gasteiger partial charge in [-0.2, -0.15) is 0 Å². The summed E-state index contributed by atoms with van der Waals surface area (Å²) in [5.74, 6) is 1.05. The van der Waals surface area contributed by atoms with Crippen LogP contribution >= 0.6 is 0 Å². The van der Waals surface area contributed by atoms with Gasteiger partial charge in [-0.1, -0.05) is 53.7 Å². The first-order valence-electron chi connectivity index (χ1n) is 7.25. The predicted molar refractivity (Wildman–Crippen MR) is 84.0 cm³/mol. The van der Waals surface area contributed by atoms with Crippen LogP contribution in [-0.2, 0) is 0 Å². The van der Waals surface area contributed by atoms with E-state index in [1.807, 2.05) is 0 Å². The molecular formula is C17H29NO. The number of nitrogens with one attached hydrogen (secondary N) is 1. The molecule has 0 bridgehead atoms. The molecule has 19 heavy (non-hydrogen) atoms. The fourth-order valence-corrected chi connectivity index (χ4v) is 1.97. The smallest absolute Gasteiger partial charge is 0.0498 e. The van der Waals surface area contributed by atoms with E-state index in [0.717, 1.165) is 6.54 Å². The lowest BCUT2D eigenvalue weighted by atomic mass is 9.92. The predicted octanol–water partition coefficient (Wildman–Crippen LogP) is 4.36. The van der Waals surface area contributed by atoms with Crippen LogP contribution in [0.5, 0.6) is 0 Å². The Labute approximate surface area is 118 Å². The highest BCUT2D eigenvalue weighted by atomic mass is 16.3. The maximum absolute atomic E-state index is 9.33. The molecule has 108 valence electrons. The molecular weight excluding hydrogens is 234 g/mol. The molecule has 0 aliphatic rings. The van der Waals surface area contributed by atoms with Crippen molar-refractivity contribution in [2.45, 2.75) is 53.4 Å². The molecule has 0 saturated heterocycles. The monoisotopic (exact) mass is 263 g/mol. The zero-order chi connectivity index (χ0) is 14.6. The normalized spacial score (nSPS) is 12.3. The zero-order valence-electron chi connectivity index (χ0n) is 13.2. The van der Waals surface area contributed by atoms with Gasteiger partial charge in [0, 0.05) is 24.3 Å². The number of hydrogen-bond acceptors (Lipinski definition) is 2. The second-order valence-corrected chi connectivity index (χ2v) is 6.83. The number of rotatable bonds is 6. The van der Waals surface area contributed by atoms with Crippen LogP contribution in [0.1, 0.15) is 64.5 Å². The van der Waals surface area contributed by atoms with Crippen molar-refractivity contribution < 1.29 is 5.11 Å². The Balaban J connectivity index is 2.94.